The first-order valence-corrected chi connectivity index (χ1v) is 7.29. The Morgan fingerprint density at radius 3 is 2.57 bits per heavy atom. The van der Waals surface area contributed by atoms with E-state index in [0.29, 0.717) is 6.42 Å². The first-order valence-electron chi connectivity index (χ1n) is 7.29. The van der Waals surface area contributed by atoms with Crippen molar-refractivity contribution in [3.63, 3.8) is 0 Å². The fourth-order valence-corrected chi connectivity index (χ4v) is 2.41. The lowest BCUT2D eigenvalue weighted by molar-refractivity contribution is -0.121. The van der Waals surface area contributed by atoms with E-state index in [1.807, 2.05) is 13.8 Å². The second-order valence-corrected chi connectivity index (χ2v) is 5.37. The lowest BCUT2D eigenvalue weighted by atomic mass is 10.1. The number of hydrogen-bond donors (Lipinski definition) is 3. The van der Waals surface area contributed by atoms with Gasteiger partial charge in [-0.3, -0.25) is 9.89 Å². The SMILES string of the molecule is Cc1n[nH]c(C)c1CCC(=O)NCC(O)c1c(F)cccc1F. The highest BCUT2D eigenvalue weighted by Gasteiger charge is 2.18. The van der Waals surface area contributed by atoms with Crippen LogP contribution in [0.3, 0.4) is 0 Å². The van der Waals surface area contributed by atoms with Crippen LogP contribution in [0.4, 0.5) is 8.78 Å². The molecule has 0 aliphatic rings. The van der Waals surface area contributed by atoms with Crippen LogP contribution < -0.4 is 5.32 Å². The van der Waals surface area contributed by atoms with E-state index in [4.69, 9.17) is 0 Å². The molecule has 0 radical (unpaired) electrons. The van der Waals surface area contributed by atoms with Gasteiger partial charge < -0.3 is 10.4 Å². The maximum Gasteiger partial charge on any atom is 0.220 e. The molecule has 0 aliphatic heterocycles. The number of nitrogens with one attached hydrogen (secondary N) is 2. The van der Waals surface area contributed by atoms with Gasteiger partial charge in [0.25, 0.3) is 0 Å². The van der Waals surface area contributed by atoms with Crippen molar-refractivity contribution in [2.75, 3.05) is 6.54 Å². The molecule has 0 spiro atoms. The summed E-state index contributed by atoms with van der Waals surface area (Å²) in [6.45, 7) is 3.47. The van der Waals surface area contributed by atoms with E-state index < -0.39 is 23.3 Å². The summed E-state index contributed by atoms with van der Waals surface area (Å²) in [6, 6.07) is 3.34. The summed E-state index contributed by atoms with van der Waals surface area (Å²) in [7, 11) is 0. The summed E-state index contributed by atoms with van der Waals surface area (Å²) in [4.78, 5) is 11.8. The zero-order valence-electron chi connectivity index (χ0n) is 13.0. The van der Waals surface area contributed by atoms with Gasteiger partial charge in [-0.15, -0.1) is 0 Å². The predicted molar refractivity (Wildman–Crippen MR) is 80.7 cm³/mol. The molecule has 2 aromatic rings. The van der Waals surface area contributed by atoms with Gasteiger partial charge in [0.2, 0.25) is 5.91 Å². The Morgan fingerprint density at radius 1 is 1.35 bits per heavy atom. The third-order valence-corrected chi connectivity index (χ3v) is 3.71. The summed E-state index contributed by atoms with van der Waals surface area (Å²) in [5.74, 6) is -1.98. The number of amides is 1. The van der Waals surface area contributed by atoms with Crippen LogP contribution in [0.25, 0.3) is 0 Å². The van der Waals surface area contributed by atoms with Crippen molar-refractivity contribution in [1.29, 1.82) is 0 Å². The summed E-state index contributed by atoms with van der Waals surface area (Å²) in [6.07, 6.45) is -0.727. The average Bonchev–Trinajstić information content (AvgIpc) is 2.81. The van der Waals surface area contributed by atoms with E-state index >= 15 is 0 Å². The number of carbonyl (C=O) groups is 1. The van der Waals surface area contributed by atoms with Gasteiger partial charge in [0.1, 0.15) is 17.7 Å². The molecule has 0 saturated heterocycles. The molecule has 23 heavy (non-hydrogen) atoms. The molecule has 1 atom stereocenters. The Bertz CT molecular complexity index is 661. The van der Waals surface area contributed by atoms with Crippen LogP contribution in [0.15, 0.2) is 18.2 Å². The maximum absolute atomic E-state index is 13.5. The normalized spacial score (nSPS) is 12.2. The fraction of sp³-hybridized carbons (Fsp3) is 0.375. The minimum atomic E-state index is -1.43. The number of carbonyl (C=O) groups excluding carboxylic acids is 1. The van der Waals surface area contributed by atoms with Crippen LogP contribution in [-0.4, -0.2) is 27.8 Å². The van der Waals surface area contributed by atoms with Crippen LogP contribution >= 0.6 is 0 Å². The first-order chi connectivity index (χ1) is 10.9. The summed E-state index contributed by atoms with van der Waals surface area (Å²) >= 11 is 0. The standard InChI is InChI=1S/C16H19F2N3O2/c1-9-11(10(2)21-20-9)6-7-15(23)19-8-14(22)16-12(17)4-3-5-13(16)18/h3-5,14,22H,6-8H2,1-2H3,(H,19,23)(H,20,21). The zero-order valence-corrected chi connectivity index (χ0v) is 13.0. The lowest BCUT2D eigenvalue weighted by Gasteiger charge is -2.14. The number of aromatic nitrogens is 2. The molecule has 1 unspecified atom stereocenters. The molecular weight excluding hydrogens is 304 g/mol. The quantitative estimate of drug-likeness (QED) is 0.762. The molecule has 7 heteroatoms. The lowest BCUT2D eigenvalue weighted by Crippen LogP contribution is -2.29. The second-order valence-electron chi connectivity index (χ2n) is 5.37. The Hall–Kier alpha value is -2.28. The average molecular weight is 323 g/mol. The van der Waals surface area contributed by atoms with E-state index in [-0.39, 0.29) is 18.9 Å². The highest BCUT2D eigenvalue weighted by Crippen LogP contribution is 2.20. The molecule has 1 heterocycles. The minimum absolute atomic E-state index is 0.202. The molecule has 0 fully saturated rings. The van der Waals surface area contributed by atoms with Crippen molar-refractivity contribution in [2.24, 2.45) is 0 Å². The Morgan fingerprint density at radius 2 is 2.00 bits per heavy atom. The van der Waals surface area contributed by atoms with Gasteiger partial charge in [0.15, 0.2) is 0 Å². The number of aromatic amines is 1. The van der Waals surface area contributed by atoms with Crippen molar-refractivity contribution < 1.29 is 18.7 Å². The smallest absolute Gasteiger partial charge is 0.220 e. The first kappa shape index (κ1) is 17.1. The number of nitrogens with zero attached hydrogens (tertiary/aromatic N) is 1. The molecule has 124 valence electrons. The molecule has 1 aromatic heterocycles. The van der Waals surface area contributed by atoms with Gasteiger partial charge >= 0.3 is 0 Å². The van der Waals surface area contributed by atoms with Crippen molar-refractivity contribution in [3.05, 3.63) is 52.3 Å². The molecule has 0 aliphatic carbocycles. The highest BCUT2D eigenvalue weighted by atomic mass is 19.1. The van der Waals surface area contributed by atoms with Crippen LogP contribution in [0, 0.1) is 25.5 Å². The van der Waals surface area contributed by atoms with Crippen LogP contribution in [0.2, 0.25) is 0 Å². The van der Waals surface area contributed by atoms with Crippen LogP contribution in [0.1, 0.15) is 35.0 Å². The third kappa shape index (κ3) is 4.13. The number of aryl methyl sites for hydroxylation is 2. The fourth-order valence-electron chi connectivity index (χ4n) is 2.41. The summed E-state index contributed by atoms with van der Waals surface area (Å²) in [5, 5.41) is 19.2. The second kappa shape index (κ2) is 7.32. The van der Waals surface area contributed by atoms with E-state index in [1.54, 1.807) is 0 Å². The Kier molecular flexibility index (Phi) is 5.44. The summed E-state index contributed by atoms with van der Waals surface area (Å²) < 4.78 is 27.0. The number of hydrogen-bond acceptors (Lipinski definition) is 3. The number of rotatable bonds is 6. The summed E-state index contributed by atoms with van der Waals surface area (Å²) in [5.41, 5.74) is 2.28. The molecule has 0 bridgehead atoms. The van der Waals surface area contributed by atoms with E-state index in [9.17, 15) is 18.7 Å². The third-order valence-electron chi connectivity index (χ3n) is 3.71. The van der Waals surface area contributed by atoms with Gasteiger partial charge in [-0.2, -0.15) is 5.10 Å². The van der Waals surface area contributed by atoms with Gasteiger partial charge in [0.05, 0.1) is 11.3 Å². The number of aliphatic hydroxyl groups is 1. The van der Waals surface area contributed by atoms with Crippen molar-refractivity contribution in [1.82, 2.24) is 15.5 Å². The minimum Gasteiger partial charge on any atom is -0.386 e. The maximum atomic E-state index is 13.5. The van der Waals surface area contributed by atoms with Crippen LogP contribution in [-0.2, 0) is 11.2 Å². The monoisotopic (exact) mass is 323 g/mol. The van der Waals surface area contributed by atoms with Gasteiger partial charge in [-0.25, -0.2) is 8.78 Å². The number of halogens is 2. The number of H-pyrrole nitrogens is 1. The highest BCUT2D eigenvalue weighted by molar-refractivity contribution is 5.76. The van der Waals surface area contributed by atoms with E-state index in [0.717, 1.165) is 29.1 Å². The van der Waals surface area contributed by atoms with Crippen molar-refractivity contribution in [2.45, 2.75) is 32.8 Å². The van der Waals surface area contributed by atoms with Gasteiger partial charge in [-0.05, 0) is 38.0 Å². The topological polar surface area (TPSA) is 78.0 Å². The van der Waals surface area contributed by atoms with Crippen molar-refractivity contribution in [3.8, 4) is 0 Å². The Labute approximate surface area is 132 Å². The van der Waals surface area contributed by atoms with E-state index in [1.165, 1.54) is 6.07 Å². The molecule has 1 aromatic carbocycles. The van der Waals surface area contributed by atoms with E-state index in [2.05, 4.69) is 15.5 Å². The largest absolute Gasteiger partial charge is 0.386 e. The Balaban J connectivity index is 1.87. The molecule has 0 saturated carbocycles. The molecular formula is C16H19F2N3O2. The number of benzene rings is 1. The molecule has 2 rings (SSSR count). The zero-order chi connectivity index (χ0) is 17.0. The molecule has 5 nitrogen and oxygen atoms in total. The van der Waals surface area contributed by atoms with Gasteiger partial charge in [0, 0.05) is 18.7 Å². The van der Waals surface area contributed by atoms with Crippen molar-refractivity contribution >= 4 is 5.91 Å². The van der Waals surface area contributed by atoms with Gasteiger partial charge in [-0.1, -0.05) is 6.07 Å². The van der Waals surface area contributed by atoms with Crippen LogP contribution in [0.5, 0.6) is 0 Å². The molecule has 3 N–H and O–H groups in total. The predicted octanol–water partition coefficient (Wildman–Crippen LogP) is 2.09. The number of aliphatic hydroxyl groups excluding tert-OH is 1. The molecule has 1 amide bonds.